The number of nitrogens with one attached hydrogen (secondary N) is 1. The van der Waals surface area contributed by atoms with E-state index in [2.05, 4.69) is 31.2 Å². The van der Waals surface area contributed by atoms with Crippen LogP contribution in [0.2, 0.25) is 0 Å². The fraction of sp³-hybridized carbons (Fsp3) is 0.692. The van der Waals surface area contributed by atoms with E-state index in [1.807, 2.05) is 19.3 Å². The molecule has 0 aromatic carbocycles. The second-order valence-electron chi connectivity index (χ2n) is 5.99. The Kier molecular flexibility index (Phi) is 4.90. The Bertz CT molecular complexity index is 392. The molecule has 0 aliphatic rings. The molecule has 1 aromatic heterocycles. The van der Waals surface area contributed by atoms with E-state index >= 15 is 0 Å². The van der Waals surface area contributed by atoms with E-state index < -0.39 is 0 Å². The molecule has 0 saturated heterocycles. The standard InChI is InChI=1S/C13H24N4O/c1-13(2,3)8-10(14)7-12(18)15-9-11-5-6-17(4)16-11/h5-6,10H,7-9,14H2,1-4H3,(H,15,18). The lowest BCUT2D eigenvalue weighted by atomic mass is 9.87. The number of rotatable bonds is 5. The predicted molar refractivity (Wildman–Crippen MR) is 71.7 cm³/mol. The molecule has 5 nitrogen and oxygen atoms in total. The number of carbonyl (C=O) groups excluding carboxylic acids is 1. The minimum atomic E-state index is -0.0891. The summed E-state index contributed by atoms with van der Waals surface area (Å²) in [6.07, 6.45) is 3.06. The van der Waals surface area contributed by atoms with Gasteiger partial charge in [-0.25, -0.2) is 0 Å². The number of hydrogen-bond donors (Lipinski definition) is 2. The van der Waals surface area contributed by atoms with Crippen molar-refractivity contribution < 1.29 is 4.79 Å². The highest BCUT2D eigenvalue weighted by Crippen LogP contribution is 2.20. The number of carbonyl (C=O) groups is 1. The minimum Gasteiger partial charge on any atom is -0.350 e. The molecule has 0 saturated carbocycles. The number of hydrogen-bond acceptors (Lipinski definition) is 3. The smallest absolute Gasteiger partial charge is 0.221 e. The molecule has 0 fully saturated rings. The van der Waals surface area contributed by atoms with Crippen LogP contribution in [0.5, 0.6) is 0 Å². The Morgan fingerprint density at radius 3 is 2.72 bits per heavy atom. The van der Waals surface area contributed by atoms with Gasteiger partial charge in [0.05, 0.1) is 12.2 Å². The Morgan fingerprint density at radius 2 is 2.22 bits per heavy atom. The molecule has 5 heteroatoms. The quantitative estimate of drug-likeness (QED) is 0.826. The van der Waals surface area contributed by atoms with E-state index in [9.17, 15) is 4.79 Å². The van der Waals surface area contributed by atoms with Gasteiger partial charge in [0.2, 0.25) is 5.91 Å². The lowest BCUT2D eigenvalue weighted by Gasteiger charge is -2.22. The summed E-state index contributed by atoms with van der Waals surface area (Å²) in [5.41, 5.74) is 6.96. The van der Waals surface area contributed by atoms with Crippen molar-refractivity contribution in [2.75, 3.05) is 0 Å². The summed E-state index contributed by atoms with van der Waals surface area (Å²) in [5, 5.41) is 7.03. The van der Waals surface area contributed by atoms with Crippen LogP contribution in [0.1, 0.15) is 39.3 Å². The van der Waals surface area contributed by atoms with Gasteiger partial charge in [-0.1, -0.05) is 20.8 Å². The van der Waals surface area contributed by atoms with Gasteiger partial charge in [0.15, 0.2) is 0 Å². The normalized spacial score (nSPS) is 13.4. The van der Waals surface area contributed by atoms with Crippen LogP contribution in [-0.2, 0) is 18.4 Å². The monoisotopic (exact) mass is 252 g/mol. The van der Waals surface area contributed by atoms with Gasteiger partial charge in [-0.15, -0.1) is 0 Å². The molecule has 1 rings (SSSR count). The first-order valence-electron chi connectivity index (χ1n) is 6.27. The van der Waals surface area contributed by atoms with Gasteiger partial charge in [0, 0.05) is 25.7 Å². The zero-order valence-electron chi connectivity index (χ0n) is 11.7. The predicted octanol–water partition coefficient (Wildman–Crippen LogP) is 1.19. The lowest BCUT2D eigenvalue weighted by Crippen LogP contribution is -2.34. The Hall–Kier alpha value is -1.36. The molecule has 0 aliphatic carbocycles. The van der Waals surface area contributed by atoms with Crippen molar-refractivity contribution in [3.63, 3.8) is 0 Å². The Balaban J connectivity index is 2.29. The third-order valence-corrected chi connectivity index (χ3v) is 2.56. The zero-order chi connectivity index (χ0) is 13.8. The first-order valence-corrected chi connectivity index (χ1v) is 6.27. The molecule has 1 atom stereocenters. The number of nitrogens with zero attached hydrogens (tertiary/aromatic N) is 2. The molecule has 1 unspecified atom stereocenters. The van der Waals surface area contributed by atoms with Crippen molar-refractivity contribution >= 4 is 5.91 Å². The molecule has 3 N–H and O–H groups in total. The molecule has 0 aliphatic heterocycles. The largest absolute Gasteiger partial charge is 0.350 e. The number of aromatic nitrogens is 2. The van der Waals surface area contributed by atoms with E-state index in [0.29, 0.717) is 13.0 Å². The summed E-state index contributed by atoms with van der Waals surface area (Å²) < 4.78 is 1.72. The van der Waals surface area contributed by atoms with Crippen LogP contribution in [0.3, 0.4) is 0 Å². The van der Waals surface area contributed by atoms with Crippen molar-refractivity contribution in [3.05, 3.63) is 18.0 Å². The maximum absolute atomic E-state index is 11.7. The van der Waals surface area contributed by atoms with E-state index in [4.69, 9.17) is 5.73 Å². The molecule has 0 spiro atoms. The highest BCUT2D eigenvalue weighted by Gasteiger charge is 2.18. The first kappa shape index (κ1) is 14.7. The summed E-state index contributed by atoms with van der Waals surface area (Å²) in [6.45, 7) is 6.83. The molecule has 1 amide bonds. The van der Waals surface area contributed by atoms with Gasteiger partial charge in [0.1, 0.15) is 0 Å². The van der Waals surface area contributed by atoms with Gasteiger partial charge in [-0.05, 0) is 17.9 Å². The maximum Gasteiger partial charge on any atom is 0.221 e. The first-order chi connectivity index (χ1) is 8.26. The third-order valence-electron chi connectivity index (χ3n) is 2.56. The van der Waals surface area contributed by atoms with Crippen LogP contribution in [0.25, 0.3) is 0 Å². The van der Waals surface area contributed by atoms with Gasteiger partial charge in [0.25, 0.3) is 0 Å². The number of aryl methyl sites for hydroxylation is 1. The SMILES string of the molecule is Cn1ccc(CNC(=O)CC(N)CC(C)(C)C)n1. The van der Waals surface area contributed by atoms with Crippen molar-refractivity contribution in [1.82, 2.24) is 15.1 Å². The topological polar surface area (TPSA) is 72.9 Å². The van der Waals surface area contributed by atoms with Gasteiger partial charge >= 0.3 is 0 Å². The van der Waals surface area contributed by atoms with Crippen LogP contribution in [0, 0.1) is 5.41 Å². The van der Waals surface area contributed by atoms with Crippen LogP contribution >= 0.6 is 0 Å². The Labute approximate surface area is 109 Å². The van der Waals surface area contributed by atoms with Crippen molar-refractivity contribution in [2.24, 2.45) is 18.2 Å². The zero-order valence-corrected chi connectivity index (χ0v) is 11.7. The summed E-state index contributed by atoms with van der Waals surface area (Å²) in [6, 6.07) is 1.80. The molecule has 0 bridgehead atoms. The highest BCUT2D eigenvalue weighted by molar-refractivity contribution is 5.76. The molecule has 0 radical (unpaired) electrons. The molecular formula is C13H24N4O. The van der Waals surface area contributed by atoms with E-state index in [-0.39, 0.29) is 17.4 Å². The van der Waals surface area contributed by atoms with E-state index in [0.717, 1.165) is 12.1 Å². The molecule has 1 aromatic rings. The second kappa shape index (κ2) is 6.00. The van der Waals surface area contributed by atoms with Gasteiger partial charge in [-0.2, -0.15) is 5.10 Å². The fourth-order valence-corrected chi connectivity index (χ4v) is 1.92. The molecular weight excluding hydrogens is 228 g/mol. The third kappa shape index (κ3) is 5.82. The summed E-state index contributed by atoms with van der Waals surface area (Å²) in [4.78, 5) is 11.7. The van der Waals surface area contributed by atoms with Crippen LogP contribution < -0.4 is 11.1 Å². The summed E-state index contributed by atoms with van der Waals surface area (Å²) >= 11 is 0. The van der Waals surface area contributed by atoms with Gasteiger partial charge in [-0.3, -0.25) is 9.48 Å². The van der Waals surface area contributed by atoms with Crippen molar-refractivity contribution in [3.8, 4) is 0 Å². The number of nitrogens with two attached hydrogens (primary N) is 1. The fourth-order valence-electron chi connectivity index (χ4n) is 1.92. The number of amides is 1. The lowest BCUT2D eigenvalue weighted by molar-refractivity contribution is -0.121. The average molecular weight is 252 g/mol. The van der Waals surface area contributed by atoms with Crippen molar-refractivity contribution in [1.29, 1.82) is 0 Å². The maximum atomic E-state index is 11.7. The van der Waals surface area contributed by atoms with E-state index in [1.54, 1.807) is 4.68 Å². The van der Waals surface area contributed by atoms with Crippen LogP contribution in [-0.4, -0.2) is 21.7 Å². The van der Waals surface area contributed by atoms with E-state index in [1.165, 1.54) is 0 Å². The highest BCUT2D eigenvalue weighted by atomic mass is 16.1. The molecule has 1 heterocycles. The van der Waals surface area contributed by atoms with Gasteiger partial charge < -0.3 is 11.1 Å². The Morgan fingerprint density at radius 1 is 1.56 bits per heavy atom. The second-order valence-corrected chi connectivity index (χ2v) is 5.99. The summed E-state index contributed by atoms with van der Waals surface area (Å²) in [7, 11) is 1.85. The van der Waals surface area contributed by atoms with Crippen LogP contribution in [0.4, 0.5) is 0 Å². The molecule has 102 valence electrons. The molecule has 18 heavy (non-hydrogen) atoms. The van der Waals surface area contributed by atoms with Crippen LogP contribution in [0.15, 0.2) is 12.3 Å². The average Bonchev–Trinajstić information content (AvgIpc) is 2.58. The van der Waals surface area contributed by atoms with Crippen molar-refractivity contribution in [2.45, 2.75) is 46.2 Å². The minimum absolute atomic E-state index is 0.0163. The summed E-state index contributed by atoms with van der Waals surface area (Å²) in [5.74, 6) is -0.0163.